The van der Waals surface area contributed by atoms with Gasteiger partial charge in [-0.25, -0.2) is 18.1 Å². The molecule has 136 valence electrons. The van der Waals surface area contributed by atoms with Crippen LogP contribution in [0.2, 0.25) is 5.15 Å². The Hall–Kier alpha value is -2.58. The van der Waals surface area contributed by atoms with Gasteiger partial charge in [0.05, 0.1) is 5.75 Å². The lowest BCUT2D eigenvalue weighted by Crippen LogP contribution is -2.30. The molecule has 1 amide bonds. The molecule has 0 aliphatic carbocycles. The van der Waals surface area contributed by atoms with Gasteiger partial charge in [-0.2, -0.15) is 0 Å². The highest BCUT2D eigenvalue weighted by atomic mass is 35.5. The maximum atomic E-state index is 12.0. The predicted octanol–water partition coefficient (Wildman–Crippen LogP) is 2.17. The number of nitrogens with one attached hydrogen (secondary N) is 1. The van der Waals surface area contributed by atoms with E-state index in [0.29, 0.717) is 35.8 Å². The molecule has 2 heterocycles. The molecule has 3 rings (SSSR count). The summed E-state index contributed by atoms with van der Waals surface area (Å²) in [5, 5.41) is 0.262. The lowest BCUT2D eigenvalue weighted by Gasteiger charge is -2.18. The number of pyridine rings is 1. The van der Waals surface area contributed by atoms with Crippen molar-refractivity contribution < 1.29 is 22.7 Å². The molecule has 0 spiro atoms. The smallest absolute Gasteiger partial charge is 0.257 e. The topological polar surface area (TPSA) is 94.6 Å². The minimum atomic E-state index is -3.84. The van der Waals surface area contributed by atoms with E-state index in [1.807, 2.05) is 4.72 Å². The number of rotatable bonds is 5. The molecule has 0 saturated carbocycles. The highest BCUT2D eigenvalue weighted by molar-refractivity contribution is 7.89. The molecule has 0 fully saturated rings. The van der Waals surface area contributed by atoms with Gasteiger partial charge in [0, 0.05) is 12.3 Å². The fraction of sp³-hybridized carbons (Fsp3) is 0.176. The van der Waals surface area contributed by atoms with Gasteiger partial charge >= 0.3 is 0 Å². The number of sulfonamides is 1. The van der Waals surface area contributed by atoms with Crippen LogP contribution in [0, 0.1) is 0 Å². The Bertz CT molecular complexity index is 942. The van der Waals surface area contributed by atoms with Gasteiger partial charge in [0.15, 0.2) is 11.5 Å². The Kier molecular flexibility index (Phi) is 5.43. The molecule has 1 aliphatic heterocycles. The van der Waals surface area contributed by atoms with Crippen LogP contribution in [0.5, 0.6) is 11.5 Å². The molecule has 0 bridgehead atoms. The standard InChI is InChI=1S/C17H15ClN2O5S/c18-16-5-2-13(10-19-16)11-26(22,23)20-17(21)6-3-12-1-4-14-15(9-12)25-8-7-24-14/h1-6,9-10H,7-8,11H2,(H,20,21)/b6-3+. The maximum absolute atomic E-state index is 12.0. The average molecular weight is 395 g/mol. The summed E-state index contributed by atoms with van der Waals surface area (Å²) >= 11 is 5.65. The van der Waals surface area contributed by atoms with E-state index < -0.39 is 15.9 Å². The predicted molar refractivity (Wildman–Crippen MR) is 96.5 cm³/mol. The molecular formula is C17H15ClN2O5S. The van der Waals surface area contributed by atoms with Gasteiger partial charge in [-0.1, -0.05) is 23.7 Å². The number of fused-ring (bicyclic) bond motifs is 1. The van der Waals surface area contributed by atoms with E-state index >= 15 is 0 Å². The Labute approximate surface area is 155 Å². The monoisotopic (exact) mass is 394 g/mol. The molecule has 26 heavy (non-hydrogen) atoms. The van der Waals surface area contributed by atoms with Gasteiger partial charge in [-0.15, -0.1) is 0 Å². The van der Waals surface area contributed by atoms with Crippen LogP contribution >= 0.6 is 11.6 Å². The maximum Gasteiger partial charge on any atom is 0.257 e. The van der Waals surface area contributed by atoms with Crippen molar-refractivity contribution in [3.8, 4) is 11.5 Å². The first-order valence-corrected chi connectivity index (χ1v) is 9.67. The van der Waals surface area contributed by atoms with Crippen LogP contribution in [0.3, 0.4) is 0 Å². The zero-order chi connectivity index (χ0) is 18.6. The number of nitrogens with zero attached hydrogens (tertiary/aromatic N) is 1. The first-order chi connectivity index (χ1) is 12.4. The van der Waals surface area contributed by atoms with Crippen molar-refractivity contribution in [3.05, 3.63) is 58.9 Å². The van der Waals surface area contributed by atoms with E-state index in [2.05, 4.69) is 4.98 Å². The van der Waals surface area contributed by atoms with Crippen LogP contribution in [0.1, 0.15) is 11.1 Å². The molecule has 1 aromatic carbocycles. The second kappa shape index (κ2) is 7.76. The minimum absolute atomic E-state index is 0.262. The van der Waals surface area contributed by atoms with E-state index in [4.69, 9.17) is 21.1 Å². The van der Waals surface area contributed by atoms with Gasteiger partial charge in [-0.3, -0.25) is 4.79 Å². The number of ether oxygens (including phenoxy) is 2. The van der Waals surface area contributed by atoms with Gasteiger partial charge in [0.2, 0.25) is 10.0 Å². The zero-order valence-electron chi connectivity index (χ0n) is 13.5. The van der Waals surface area contributed by atoms with E-state index in [1.165, 1.54) is 24.4 Å². The summed E-state index contributed by atoms with van der Waals surface area (Å²) in [5.74, 6) is 0.0984. The molecular weight excluding hydrogens is 380 g/mol. The van der Waals surface area contributed by atoms with Gasteiger partial charge in [0.25, 0.3) is 5.91 Å². The summed E-state index contributed by atoms with van der Waals surface area (Å²) < 4.78 is 36.9. The van der Waals surface area contributed by atoms with Crippen LogP contribution < -0.4 is 14.2 Å². The molecule has 9 heteroatoms. The fourth-order valence-corrected chi connectivity index (χ4v) is 3.44. The summed E-state index contributed by atoms with van der Waals surface area (Å²) in [5.41, 5.74) is 1.11. The molecule has 7 nitrogen and oxygen atoms in total. The first-order valence-electron chi connectivity index (χ1n) is 7.64. The van der Waals surface area contributed by atoms with Crippen LogP contribution in [0.4, 0.5) is 0 Å². The summed E-state index contributed by atoms with van der Waals surface area (Å²) in [4.78, 5) is 15.7. The van der Waals surface area contributed by atoms with Crippen molar-refractivity contribution in [1.82, 2.24) is 9.71 Å². The average Bonchev–Trinajstić information content (AvgIpc) is 2.61. The van der Waals surface area contributed by atoms with Crippen molar-refractivity contribution in [1.29, 1.82) is 0 Å². The number of hydrogen-bond acceptors (Lipinski definition) is 6. The SMILES string of the molecule is O=C(/C=C/c1ccc2c(c1)OCCO2)NS(=O)(=O)Cc1ccc(Cl)nc1. The molecule has 0 saturated heterocycles. The molecule has 1 aliphatic rings. The number of halogens is 1. The quantitative estimate of drug-likeness (QED) is 0.617. The Morgan fingerprint density at radius 1 is 1.19 bits per heavy atom. The van der Waals surface area contributed by atoms with Crippen LogP contribution in [0.25, 0.3) is 6.08 Å². The van der Waals surface area contributed by atoms with E-state index in [9.17, 15) is 13.2 Å². The lowest BCUT2D eigenvalue weighted by molar-refractivity contribution is -0.114. The summed E-state index contributed by atoms with van der Waals surface area (Å²) in [6.07, 6.45) is 3.98. The first kappa shape index (κ1) is 18.2. The van der Waals surface area contributed by atoms with E-state index in [0.717, 1.165) is 6.08 Å². The summed E-state index contributed by atoms with van der Waals surface area (Å²) in [7, 11) is -3.84. The Morgan fingerprint density at radius 3 is 2.69 bits per heavy atom. The number of carbonyl (C=O) groups is 1. The number of hydrogen-bond donors (Lipinski definition) is 1. The molecule has 2 aromatic rings. The van der Waals surface area contributed by atoms with Gasteiger partial charge in [-0.05, 0) is 35.4 Å². The van der Waals surface area contributed by atoms with Crippen molar-refractivity contribution in [2.45, 2.75) is 5.75 Å². The fourth-order valence-electron chi connectivity index (χ4n) is 2.27. The number of carbonyl (C=O) groups excluding carboxylic acids is 1. The highest BCUT2D eigenvalue weighted by Gasteiger charge is 2.15. The zero-order valence-corrected chi connectivity index (χ0v) is 15.1. The van der Waals surface area contributed by atoms with Crippen molar-refractivity contribution >= 4 is 33.6 Å². The summed E-state index contributed by atoms with van der Waals surface area (Å²) in [6, 6.07) is 8.20. The number of benzene rings is 1. The largest absolute Gasteiger partial charge is 0.486 e. The molecule has 0 atom stereocenters. The van der Waals surface area contributed by atoms with Crippen LogP contribution in [0.15, 0.2) is 42.6 Å². The summed E-state index contributed by atoms with van der Waals surface area (Å²) in [6.45, 7) is 0.948. The second-order valence-corrected chi connectivity index (χ2v) is 7.56. The van der Waals surface area contributed by atoms with E-state index in [-0.39, 0.29) is 10.9 Å². The van der Waals surface area contributed by atoms with E-state index in [1.54, 1.807) is 18.2 Å². The van der Waals surface area contributed by atoms with Crippen molar-refractivity contribution in [2.75, 3.05) is 13.2 Å². The van der Waals surface area contributed by atoms with Gasteiger partial charge in [0.1, 0.15) is 18.4 Å². The number of amides is 1. The van der Waals surface area contributed by atoms with Gasteiger partial charge < -0.3 is 9.47 Å². The molecule has 0 radical (unpaired) electrons. The van der Waals surface area contributed by atoms with Crippen LogP contribution in [-0.2, 0) is 20.6 Å². The third-order valence-corrected chi connectivity index (χ3v) is 4.84. The highest BCUT2D eigenvalue weighted by Crippen LogP contribution is 2.31. The second-order valence-electron chi connectivity index (χ2n) is 5.45. The molecule has 1 aromatic heterocycles. The molecule has 0 unspecified atom stereocenters. The van der Waals surface area contributed by atoms with Crippen molar-refractivity contribution in [3.63, 3.8) is 0 Å². The normalized spacial score (nSPS) is 13.6. The third kappa shape index (κ3) is 4.96. The molecule has 1 N–H and O–H groups in total. The third-order valence-electron chi connectivity index (χ3n) is 3.39. The Morgan fingerprint density at radius 2 is 1.96 bits per heavy atom. The van der Waals surface area contributed by atoms with Crippen molar-refractivity contribution in [2.24, 2.45) is 0 Å². The Balaban J connectivity index is 1.62. The number of aromatic nitrogens is 1. The lowest BCUT2D eigenvalue weighted by atomic mass is 10.2. The van der Waals surface area contributed by atoms with Crippen LogP contribution in [-0.4, -0.2) is 32.5 Å². The minimum Gasteiger partial charge on any atom is -0.486 e.